The molecule has 1 rings (SSSR count). The van der Waals surface area contributed by atoms with Crippen molar-refractivity contribution in [1.82, 2.24) is 5.32 Å². The summed E-state index contributed by atoms with van der Waals surface area (Å²) in [6, 6.07) is 3.88. The first-order valence-electron chi connectivity index (χ1n) is 6.61. The number of ether oxygens (including phenoxy) is 2. The van der Waals surface area contributed by atoms with Crippen molar-refractivity contribution in [2.75, 3.05) is 13.7 Å². The Labute approximate surface area is 119 Å². The predicted octanol–water partition coefficient (Wildman–Crippen LogP) is 1.42. The van der Waals surface area contributed by atoms with E-state index in [9.17, 15) is 9.59 Å². The third kappa shape index (κ3) is 7.35. The number of hydrogen-bond acceptors (Lipinski definition) is 4. The summed E-state index contributed by atoms with van der Waals surface area (Å²) in [5, 5.41) is 2.28. The van der Waals surface area contributed by atoms with Gasteiger partial charge in [0.2, 0.25) is 0 Å². The third-order valence-corrected chi connectivity index (χ3v) is 2.28. The van der Waals surface area contributed by atoms with Gasteiger partial charge in [0.05, 0.1) is 7.11 Å². The molecule has 0 radical (unpaired) electrons. The van der Waals surface area contributed by atoms with Crippen molar-refractivity contribution in [3.8, 4) is 0 Å². The van der Waals surface area contributed by atoms with Gasteiger partial charge in [0.1, 0.15) is 6.54 Å². The van der Waals surface area contributed by atoms with Crippen molar-refractivity contribution < 1.29 is 23.6 Å². The van der Waals surface area contributed by atoms with Crippen LogP contribution in [0.3, 0.4) is 0 Å². The van der Waals surface area contributed by atoms with Gasteiger partial charge >= 0.3 is 12.1 Å². The van der Waals surface area contributed by atoms with Crippen LogP contribution in [-0.2, 0) is 27.4 Å². The van der Waals surface area contributed by atoms with Crippen LogP contribution in [0.15, 0.2) is 24.5 Å². The number of amides is 1. The average molecular weight is 283 g/mol. The van der Waals surface area contributed by atoms with Crippen LogP contribution in [0.5, 0.6) is 0 Å². The Hall–Kier alpha value is -2.11. The number of carbonyl (C=O) groups is 2. The molecule has 6 heteroatoms. The Morgan fingerprint density at radius 1 is 1.35 bits per heavy atom. The fourth-order valence-electron chi connectivity index (χ4n) is 1.27. The molecule has 1 amide bonds. The van der Waals surface area contributed by atoms with Crippen LogP contribution in [0.1, 0.15) is 26.3 Å². The minimum Gasteiger partial charge on any atom is -0.468 e. The van der Waals surface area contributed by atoms with E-state index in [1.807, 2.05) is 39.1 Å². The van der Waals surface area contributed by atoms with Crippen LogP contribution in [0.2, 0.25) is 0 Å². The second-order valence-electron chi connectivity index (χ2n) is 3.57. The molecule has 0 unspecified atom stereocenters. The largest absolute Gasteiger partial charge is 0.468 e. The zero-order valence-electron chi connectivity index (χ0n) is 12.5. The van der Waals surface area contributed by atoms with Crippen molar-refractivity contribution in [3.05, 3.63) is 30.1 Å². The minimum absolute atomic E-state index is 0.0981. The summed E-state index contributed by atoms with van der Waals surface area (Å²) in [4.78, 5) is 22.0. The summed E-state index contributed by atoms with van der Waals surface area (Å²) in [6.45, 7) is 5.94. The van der Waals surface area contributed by atoms with Gasteiger partial charge < -0.3 is 14.8 Å². The fraction of sp³-hybridized carbons (Fsp3) is 0.500. The maximum Gasteiger partial charge on any atom is 0.412 e. The number of alkyl carbamates (subject to hydrolysis) is 1. The molecule has 6 nitrogen and oxygen atoms in total. The quantitative estimate of drug-likeness (QED) is 0.655. The summed E-state index contributed by atoms with van der Waals surface area (Å²) in [7, 11) is 1.25. The van der Waals surface area contributed by atoms with Crippen LogP contribution >= 0.6 is 0 Å². The van der Waals surface area contributed by atoms with Gasteiger partial charge in [0.25, 0.3) is 6.73 Å². The Morgan fingerprint density at radius 2 is 2.05 bits per heavy atom. The minimum atomic E-state index is -0.658. The standard InChI is InChI=1S/C12H16N2O4.C2H6/c1-3-10-5-4-6-14(8-10)9-18-12(16)13-7-11(15)17-2;1-2/h4-6,8H,3,7,9H2,1-2H3;1-2H3/p+1. The summed E-state index contributed by atoms with van der Waals surface area (Å²) in [5.41, 5.74) is 1.15. The smallest absolute Gasteiger partial charge is 0.412 e. The van der Waals surface area contributed by atoms with Crippen LogP contribution in [-0.4, -0.2) is 25.7 Å². The number of pyridine rings is 1. The van der Waals surface area contributed by atoms with E-state index < -0.39 is 12.1 Å². The van der Waals surface area contributed by atoms with Gasteiger partial charge in [-0.2, -0.15) is 4.57 Å². The number of carbonyl (C=O) groups excluding carboxylic acids is 2. The van der Waals surface area contributed by atoms with Gasteiger partial charge in [-0.05, 0) is 12.5 Å². The molecule has 1 N–H and O–H groups in total. The molecule has 112 valence electrons. The van der Waals surface area contributed by atoms with Gasteiger partial charge in [-0.25, -0.2) is 4.79 Å². The highest BCUT2D eigenvalue weighted by atomic mass is 16.6. The summed E-state index contributed by atoms with van der Waals surface area (Å²) in [6.07, 6.45) is 3.95. The van der Waals surface area contributed by atoms with Crippen LogP contribution < -0.4 is 9.88 Å². The molecular weight excluding hydrogens is 260 g/mol. The topological polar surface area (TPSA) is 68.5 Å². The molecule has 0 aliphatic carbocycles. The van der Waals surface area contributed by atoms with Gasteiger partial charge in [-0.3, -0.25) is 4.79 Å². The molecule has 0 saturated heterocycles. The lowest BCUT2D eigenvalue weighted by Crippen LogP contribution is -2.39. The number of aromatic nitrogens is 1. The van der Waals surface area contributed by atoms with Gasteiger partial charge in [0, 0.05) is 11.6 Å². The molecule has 0 spiro atoms. The molecule has 1 heterocycles. The van der Waals surface area contributed by atoms with Crippen molar-refractivity contribution in [3.63, 3.8) is 0 Å². The normalized spacial score (nSPS) is 9.00. The summed E-state index contributed by atoms with van der Waals surface area (Å²) < 4.78 is 11.1. The highest BCUT2D eigenvalue weighted by molar-refractivity contribution is 5.77. The van der Waals surface area contributed by atoms with Gasteiger partial charge in [-0.1, -0.05) is 20.8 Å². The number of esters is 1. The first kappa shape index (κ1) is 17.9. The Bertz CT molecular complexity index is 421. The fourth-order valence-corrected chi connectivity index (χ4v) is 1.27. The van der Waals surface area contributed by atoms with Crippen molar-refractivity contribution >= 4 is 12.1 Å². The molecular formula is C14H23N2O4+. The monoisotopic (exact) mass is 283 g/mol. The molecule has 0 aliphatic rings. The average Bonchev–Trinajstić information content (AvgIpc) is 2.52. The molecule has 20 heavy (non-hydrogen) atoms. The van der Waals surface area contributed by atoms with E-state index in [4.69, 9.17) is 4.74 Å². The molecule has 0 saturated carbocycles. The van der Waals surface area contributed by atoms with Gasteiger partial charge in [0.15, 0.2) is 12.4 Å². The van der Waals surface area contributed by atoms with E-state index in [2.05, 4.69) is 10.1 Å². The van der Waals surface area contributed by atoms with Crippen molar-refractivity contribution in [2.24, 2.45) is 0 Å². The van der Waals surface area contributed by atoms with E-state index >= 15 is 0 Å². The maximum atomic E-state index is 11.2. The zero-order chi connectivity index (χ0) is 15.4. The zero-order valence-corrected chi connectivity index (χ0v) is 12.5. The first-order valence-corrected chi connectivity index (χ1v) is 6.61. The molecule has 1 aromatic rings. The predicted molar refractivity (Wildman–Crippen MR) is 73.9 cm³/mol. The Kier molecular flexibility index (Phi) is 9.64. The lowest BCUT2D eigenvalue weighted by atomic mass is 10.2. The molecule has 0 aliphatic heterocycles. The number of nitrogens with one attached hydrogen (secondary N) is 1. The number of aryl methyl sites for hydroxylation is 1. The van der Waals surface area contributed by atoms with E-state index in [0.29, 0.717) is 0 Å². The SMILES string of the molecule is CC.CCc1ccc[n+](COC(=O)NCC(=O)OC)c1. The lowest BCUT2D eigenvalue weighted by molar-refractivity contribution is -0.727. The molecule has 0 atom stereocenters. The van der Waals surface area contributed by atoms with E-state index in [1.165, 1.54) is 7.11 Å². The van der Waals surface area contributed by atoms with Gasteiger partial charge in [-0.15, -0.1) is 0 Å². The highest BCUT2D eigenvalue weighted by Gasteiger charge is 2.08. The van der Waals surface area contributed by atoms with E-state index in [0.717, 1.165) is 12.0 Å². The third-order valence-electron chi connectivity index (χ3n) is 2.28. The number of hydrogen-bond donors (Lipinski definition) is 1. The lowest BCUT2D eigenvalue weighted by Gasteiger charge is -2.03. The van der Waals surface area contributed by atoms with Crippen LogP contribution in [0.4, 0.5) is 4.79 Å². The molecule has 0 bridgehead atoms. The number of nitrogens with zero attached hydrogens (tertiary/aromatic N) is 1. The molecule has 0 fully saturated rings. The van der Waals surface area contributed by atoms with E-state index in [1.54, 1.807) is 10.8 Å². The van der Waals surface area contributed by atoms with Crippen LogP contribution in [0, 0.1) is 0 Å². The van der Waals surface area contributed by atoms with Crippen molar-refractivity contribution in [2.45, 2.75) is 33.9 Å². The van der Waals surface area contributed by atoms with Crippen LogP contribution in [0.25, 0.3) is 0 Å². The number of rotatable bonds is 5. The Morgan fingerprint density at radius 3 is 2.65 bits per heavy atom. The second-order valence-corrected chi connectivity index (χ2v) is 3.57. The highest BCUT2D eigenvalue weighted by Crippen LogP contribution is 1.94. The summed E-state index contributed by atoms with van der Waals surface area (Å²) in [5.74, 6) is -0.521. The maximum absolute atomic E-state index is 11.2. The Balaban J connectivity index is 0.00000172. The summed E-state index contributed by atoms with van der Waals surface area (Å²) >= 11 is 0. The first-order chi connectivity index (χ1) is 9.65. The number of methoxy groups -OCH3 is 1. The molecule has 0 aromatic carbocycles. The van der Waals surface area contributed by atoms with E-state index in [-0.39, 0.29) is 13.3 Å². The van der Waals surface area contributed by atoms with Crippen molar-refractivity contribution in [1.29, 1.82) is 0 Å². The molecule has 1 aromatic heterocycles. The second kappa shape index (κ2) is 10.8.